The topological polar surface area (TPSA) is 30.7 Å². The van der Waals surface area contributed by atoms with Gasteiger partial charge in [-0.15, -0.1) is 11.3 Å². The van der Waals surface area contributed by atoms with Gasteiger partial charge >= 0.3 is 6.18 Å². The number of thiophene rings is 1. The van der Waals surface area contributed by atoms with Gasteiger partial charge in [0, 0.05) is 6.04 Å². The molecule has 3 aromatic heterocycles. The average molecular weight is 311 g/mol. The van der Waals surface area contributed by atoms with Crippen LogP contribution in [0, 0.1) is 0 Å². The van der Waals surface area contributed by atoms with Crippen LogP contribution in [0.4, 0.5) is 13.2 Å². The van der Waals surface area contributed by atoms with E-state index in [0.29, 0.717) is 10.6 Å². The van der Waals surface area contributed by atoms with Crippen molar-refractivity contribution < 1.29 is 13.2 Å². The molecule has 0 saturated heterocycles. The summed E-state index contributed by atoms with van der Waals surface area (Å²) in [7, 11) is 0. The van der Waals surface area contributed by atoms with Crippen molar-refractivity contribution in [1.29, 1.82) is 0 Å². The van der Waals surface area contributed by atoms with Crippen LogP contribution in [0.5, 0.6) is 0 Å². The number of nitrogens with zero attached hydrogens (tertiary/aromatic N) is 3. The predicted octanol–water partition coefficient (Wildman–Crippen LogP) is 4.76. The minimum absolute atomic E-state index is 0.0384. The Kier molecular flexibility index (Phi) is 3.24. The van der Waals surface area contributed by atoms with E-state index >= 15 is 0 Å². The smallest absolute Gasteiger partial charge is 0.245 e. The fourth-order valence-electron chi connectivity index (χ4n) is 2.18. The first kappa shape index (κ1) is 14.1. The summed E-state index contributed by atoms with van der Waals surface area (Å²) in [4.78, 5) is 5.09. The van der Waals surface area contributed by atoms with Crippen molar-refractivity contribution in [2.24, 2.45) is 0 Å². The van der Waals surface area contributed by atoms with E-state index in [1.165, 1.54) is 22.2 Å². The maximum absolute atomic E-state index is 13.3. The van der Waals surface area contributed by atoms with Crippen LogP contribution < -0.4 is 0 Å². The molecule has 3 nitrogen and oxygen atoms in total. The number of rotatable bonds is 2. The number of pyridine rings is 1. The van der Waals surface area contributed by atoms with Gasteiger partial charge < -0.3 is 0 Å². The van der Waals surface area contributed by atoms with Crippen LogP contribution in [0.3, 0.4) is 0 Å². The number of aromatic nitrogens is 3. The molecule has 0 fully saturated rings. The Morgan fingerprint density at radius 2 is 2.05 bits per heavy atom. The predicted molar refractivity (Wildman–Crippen MR) is 76.2 cm³/mol. The molecule has 21 heavy (non-hydrogen) atoms. The Labute approximate surface area is 123 Å². The number of hydrogen-bond acceptors (Lipinski definition) is 3. The van der Waals surface area contributed by atoms with Gasteiger partial charge in [-0.25, -0.2) is 9.67 Å². The van der Waals surface area contributed by atoms with Crippen molar-refractivity contribution in [1.82, 2.24) is 14.8 Å². The second kappa shape index (κ2) is 4.84. The Hall–Kier alpha value is -1.89. The molecule has 0 aliphatic rings. The highest BCUT2D eigenvalue weighted by molar-refractivity contribution is 7.13. The number of halogens is 3. The molecule has 0 aromatic carbocycles. The summed E-state index contributed by atoms with van der Waals surface area (Å²) in [5.41, 5.74) is -0.0988. The van der Waals surface area contributed by atoms with Crippen LogP contribution in [0.25, 0.3) is 21.6 Å². The van der Waals surface area contributed by atoms with Crippen LogP contribution >= 0.6 is 11.3 Å². The van der Waals surface area contributed by atoms with Crippen molar-refractivity contribution >= 4 is 22.4 Å². The van der Waals surface area contributed by atoms with Crippen LogP contribution in [-0.2, 0) is 6.18 Å². The van der Waals surface area contributed by atoms with Crippen LogP contribution in [0.1, 0.15) is 25.5 Å². The molecule has 110 valence electrons. The van der Waals surface area contributed by atoms with E-state index in [1.807, 2.05) is 19.2 Å². The fraction of sp³-hybridized carbons (Fsp3) is 0.286. The minimum Gasteiger partial charge on any atom is -0.245 e. The van der Waals surface area contributed by atoms with E-state index in [-0.39, 0.29) is 17.1 Å². The fourth-order valence-corrected chi connectivity index (χ4v) is 2.87. The van der Waals surface area contributed by atoms with Gasteiger partial charge in [0.05, 0.1) is 27.7 Å². The second-order valence-electron chi connectivity index (χ2n) is 4.95. The van der Waals surface area contributed by atoms with Gasteiger partial charge in [-0.3, -0.25) is 0 Å². The number of hydrogen-bond donors (Lipinski definition) is 0. The van der Waals surface area contributed by atoms with Gasteiger partial charge in [0.25, 0.3) is 0 Å². The molecular weight excluding hydrogens is 299 g/mol. The molecule has 0 N–H and O–H groups in total. The Morgan fingerprint density at radius 1 is 1.29 bits per heavy atom. The third-order valence-corrected chi connectivity index (χ3v) is 4.03. The largest absolute Gasteiger partial charge is 0.417 e. The van der Waals surface area contributed by atoms with E-state index in [2.05, 4.69) is 10.1 Å². The summed E-state index contributed by atoms with van der Waals surface area (Å²) in [5, 5.41) is 5.90. The van der Waals surface area contributed by atoms with E-state index < -0.39 is 11.7 Å². The molecular formula is C14H12F3N3S. The molecule has 7 heteroatoms. The molecule has 0 atom stereocenters. The van der Waals surface area contributed by atoms with Crippen LogP contribution in [0.15, 0.2) is 29.8 Å². The third kappa shape index (κ3) is 2.42. The molecule has 3 aromatic rings. The molecule has 0 unspecified atom stereocenters. The van der Waals surface area contributed by atoms with Crippen molar-refractivity contribution in [3.8, 4) is 10.6 Å². The molecule has 0 radical (unpaired) electrons. The average Bonchev–Trinajstić information content (AvgIpc) is 3.05. The SMILES string of the molecule is CC(C)n1ncc2c(C(F)(F)F)cc(-c3cccs3)nc21. The molecule has 0 spiro atoms. The standard InChI is InChI=1S/C14H12F3N3S/c1-8(2)20-13-9(7-18-20)10(14(15,16)17)6-11(19-13)12-4-3-5-21-12/h3-8H,1-2H3. The maximum Gasteiger partial charge on any atom is 0.417 e. The zero-order valence-electron chi connectivity index (χ0n) is 11.3. The first-order valence-corrected chi connectivity index (χ1v) is 7.25. The summed E-state index contributed by atoms with van der Waals surface area (Å²) in [5.74, 6) is 0. The van der Waals surface area contributed by atoms with E-state index in [1.54, 1.807) is 12.1 Å². The number of fused-ring (bicyclic) bond motifs is 1. The summed E-state index contributed by atoms with van der Waals surface area (Å²) >= 11 is 1.36. The lowest BCUT2D eigenvalue weighted by Gasteiger charge is -2.11. The molecule has 0 aliphatic carbocycles. The Morgan fingerprint density at radius 3 is 2.62 bits per heavy atom. The van der Waals surface area contributed by atoms with E-state index in [9.17, 15) is 13.2 Å². The van der Waals surface area contributed by atoms with Crippen molar-refractivity contribution in [3.05, 3.63) is 35.3 Å². The number of alkyl halides is 3. The molecule has 0 saturated carbocycles. The molecule has 0 amide bonds. The monoisotopic (exact) mass is 311 g/mol. The highest BCUT2D eigenvalue weighted by Crippen LogP contribution is 2.37. The summed E-state index contributed by atoms with van der Waals surface area (Å²) in [6.07, 6.45) is -3.19. The highest BCUT2D eigenvalue weighted by atomic mass is 32.1. The van der Waals surface area contributed by atoms with Crippen LogP contribution in [-0.4, -0.2) is 14.8 Å². The molecule has 3 heterocycles. The van der Waals surface area contributed by atoms with Gasteiger partial charge in [0.1, 0.15) is 0 Å². The maximum atomic E-state index is 13.3. The van der Waals surface area contributed by atoms with E-state index in [0.717, 1.165) is 6.07 Å². The summed E-state index contributed by atoms with van der Waals surface area (Å²) in [6.45, 7) is 3.72. The normalized spacial score (nSPS) is 12.5. The lowest BCUT2D eigenvalue weighted by Crippen LogP contribution is -2.08. The van der Waals surface area contributed by atoms with Gasteiger partial charge in [-0.05, 0) is 31.4 Å². The lowest BCUT2D eigenvalue weighted by molar-refractivity contribution is -0.136. The minimum atomic E-state index is -4.43. The molecule has 0 aliphatic heterocycles. The van der Waals surface area contributed by atoms with Crippen molar-refractivity contribution in [2.75, 3.05) is 0 Å². The zero-order valence-corrected chi connectivity index (χ0v) is 12.2. The second-order valence-corrected chi connectivity index (χ2v) is 5.90. The van der Waals surface area contributed by atoms with Crippen molar-refractivity contribution in [2.45, 2.75) is 26.1 Å². The highest BCUT2D eigenvalue weighted by Gasteiger charge is 2.34. The quantitative estimate of drug-likeness (QED) is 0.683. The van der Waals surface area contributed by atoms with Crippen molar-refractivity contribution in [3.63, 3.8) is 0 Å². The van der Waals surface area contributed by atoms with E-state index in [4.69, 9.17) is 0 Å². The Balaban J connectivity index is 2.34. The van der Waals surface area contributed by atoms with Crippen LogP contribution in [0.2, 0.25) is 0 Å². The zero-order chi connectivity index (χ0) is 15.2. The van der Waals surface area contributed by atoms with Gasteiger partial charge in [0.2, 0.25) is 0 Å². The molecule has 0 bridgehead atoms. The van der Waals surface area contributed by atoms with Gasteiger partial charge in [0.15, 0.2) is 5.65 Å². The summed E-state index contributed by atoms with van der Waals surface area (Å²) < 4.78 is 41.4. The molecule has 3 rings (SSSR count). The first-order chi connectivity index (χ1) is 9.88. The first-order valence-electron chi connectivity index (χ1n) is 6.37. The lowest BCUT2D eigenvalue weighted by atomic mass is 10.1. The van der Waals surface area contributed by atoms with Gasteiger partial charge in [-0.1, -0.05) is 6.07 Å². The third-order valence-electron chi connectivity index (χ3n) is 3.13. The van der Waals surface area contributed by atoms with Gasteiger partial charge in [-0.2, -0.15) is 18.3 Å². The summed E-state index contributed by atoms with van der Waals surface area (Å²) in [6, 6.07) is 4.59. The Bertz CT molecular complexity index is 773.